The Bertz CT molecular complexity index is 763. The number of carbonyl (C=O) groups is 2. The minimum atomic E-state index is -0.166. The van der Waals surface area contributed by atoms with Crippen LogP contribution in [0.3, 0.4) is 0 Å². The third-order valence-corrected chi connectivity index (χ3v) is 3.33. The number of benzene rings is 2. The minimum absolute atomic E-state index is 0.125. The van der Waals surface area contributed by atoms with Gasteiger partial charge in [-0.15, -0.1) is 0 Å². The van der Waals surface area contributed by atoms with Gasteiger partial charge in [-0.05, 0) is 35.9 Å². The maximum absolute atomic E-state index is 12.3. The number of carbonyl (C=O) groups excluding carboxylic acids is 2. The van der Waals surface area contributed by atoms with Gasteiger partial charge in [0.1, 0.15) is 11.5 Å². The Labute approximate surface area is 140 Å². The molecule has 0 atom stereocenters. The average Bonchev–Trinajstić information content (AvgIpc) is 2.59. The number of hydrogen-bond donors (Lipinski definition) is 1. The van der Waals surface area contributed by atoms with E-state index in [1.165, 1.54) is 20.1 Å². The molecule has 0 aliphatic rings. The largest absolute Gasteiger partial charge is 0.497 e. The van der Waals surface area contributed by atoms with Crippen LogP contribution in [0.15, 0.2) is 48.5 Å². The lowest BCUT2D eigenvalue weighted by Gasteiger charge is -2.08. The average molecular weight is 325 g/mol. The van der Waals surface area contributed by atoms with Gasteiger partial charge in [-0.3, -0.25) is 9.59 Å². The van der Waals surface area contributed by atoms with Crippen molar-refractivity contribution < 1.29 is 19.1 Å². The zero-order chi connectivity index (χ0) is 17.5. The van der Waals surface area contributed by atoms with Crippen LogP contribution < -0.4 is 14.8 Å². The Kier molecular flexibility index (Phi) is 5.73. The summed E-state index contributed by atoms with van der Waals surface area (Å²) >= 11 is 0. The van der Waals surface area contributed by atoms with Crippen LogP contribution >= 0.6 is 0 Å². The van der Waals surface area contributed by atoms with E-state index >= 15 is 0 Å². The Morgan fingerprint density at radius 3 is 2.29 bits per heavy atom. The summed E-state index contributed by atoms with van der Waals surface area (Å²) < 4.78 is 10.4. The highest BCUT2D eigenvalue weighted by Crippen LogP contribution is 2.25. The van der Waals surface area contributed by atoms with Gasteiger partial charge in [0.05, 0.1) is 19.8 Å². The first kappa shape index (κ1) is 17.3. The zero-order valence-electron chi connectivity index (χ0n) is 13.8. The summed E-state index contributed by atoms with van der Waals surface area (Å²) in [6, 6.07) is 12.2. The molecule has 124 valence electrons. The molecule has 5 heteroatoms. The van der Waals surface area contributed by atoms with Crippen molar-refractivity contribution in [2.45, 2.75) is 6.92 Å². The van der Waals surface area contributed by atoms with Gasteiger partial charge in [-0.1, -0.05) is 18.2 Å². The van der Waals surface area contributed by atoms with Crippen LogP contribution in [0.4, 0.5) is 5.69 Å². The van der Waals surface area contributed by atoms with Gasteiger partial charge in [0.25, 0.3) is 0 Å². The van der Waals surface area contributed by atoms with Crippen LogP contribution in [-0.2, 0) is 4.79 Å². The van der Waals surface area contributed by atoms with Crippen molar-refractivity contribution in [3.8, 4) is 11.5 Å². The first-order valence-corrected chi connectivity index (χ1v) is 7.35. The number of rotatable bonds is 6. The molecule has 0 aromatic heterocycles. The number of nitrogens with one attached hydrogen (secondary N) is 1. The van der Waals surface area contributed by atoms with Crippen LogP contribution in [0, 0.1) is 0 Å². The molecule has 0 aliphatic carbocycles. The fraction of sp³-hybridized carbons (Fsp3) is 0.158. The monoisotopic (exact) mass is 325 g/mol. The molecule has 2 aromatic carbocycles. The fourth-order valence-electron chi connectivity index (χ4n) is 2.14. The van der Waals surface area contributed by atoms with Gasteiger partial charge in [0.2, 0.25) is 5.91 Å². The molecule has 24 heavy (non-hydrogen) atoms. The first-order valence-electron chi connectivity index (χ1n) is 7.35. The molecule has 0 bridgehead atoms. The number of ketones is 1. The molecule has 0 aliphatic heterocycles. The van der Waals surface area contributed by atoms with E-state index in [4.69, 9.17) is 9.47 Å². The zero-order valence-corrected chi connectivity index (χ0v) is 13.8. The van der Waals surface area contributed by atoms with Gasteiger partial charge in [-0.2, -0.15) is 0 Å². The first-order chi connectivity index (χ1) is 11.5. The van der Waals surface area contributed by atoms with Crippen molar-refractivity contribution in [2.24, 2.45) is 0 Å². The summed E-state index contributed by atoms with van der Waals surface area (Å²) in [5, 5.41) is 2.69. The Morgan fingerprint density at radius 2 is 1.71 bits per heavy atom. The third-order valence-electron chi connectivity index (χ3n) is 3.33. The Hall–Kier alpha value is -3.08. The summed E-state index contributed by atoms with van der Waals surface area (Å²) in [6.45, 7) is 1.45. The second-order valence-corrected chi connectivity index (χ2v) is 5.07. The van der Waals surface area contributed by atoms with Crippen LogP contribution in [0.2, 0.25) is 0 Å². The lowest BCUT2D eigenvalue weighted by Crippen LogP contribution is -2.05. The predicted octanol–water partition coefficient (Wildman–Crippen LogP) is 3.56. The Morgan fingerprint density at radius 1 is 1.00 bits per heavy atom. The van der Waals surface area contributed by atoms with E-state index in [9.17, 15) is 9.59 Å². The van der Waals surface area contributed by atoms with Gasteiger partial charge >= 0.3 is 0 Å². The van der Waals surface area contributed by atoms with E-state index in [0.29, 0.717) is 22.7 Å². The fourth-order valence-corrected chi connectivity index (χ4v) is 2.14. The maximum Gasteiger partial charge on any atom is 0.221 e. The molecule has 1 amide bonds. The van der Waals surface area contributed by atoms with E-state index in [0.717, 1.165) is 5.56 Å². The molecule has 0 saturated carbocycles. The molecule has 0 unspecified atom stereocenters. The lowest BCUT2D eigenvalue weighted by atomic mass is 10.1. The van der Waals surface area contributed by atoms with Crippen molar-refractivity contribution in [2.75, 3.05) is 19.5 Å². The van der Waals surface area contributed by atoms with Crippen LogP contribution in [0.1, 0.15) is 22.8 Å². The van der Waals surface area contributed by atoms with Gasteiger partial charge in [0.15, 0.2) is 5.78 Å². The lowest BCUT2D eigenvalue weighted by molar-refractivity contribution is -0.114. The predicted molar refractivity (Wildman–Crippen MR) is 93.7 cm³/mol. The third kappa shape index (κ3) is 4.46. The number of ether oxygens (including phenoxy) is 2. The van der Waals surface area contributed by atoms with Crippen molar-refractivity contribution in [1.82, 2.24) is 0 Å². The van der Waals surface area contributed by atoms with Gasteiger partial charge in [-0.25, -0.2) is 0 Å². The molecule has 0 saturated heterocycles. The molecule has 1 N–H and O–H groups in total. The summed E-state index contributed by atoms with van der Waals surface area (Å²) in [5.41, 5.74) is 2.03. The van der Waals surface area contributed by atoms with Crippen LogP contribution in [-0.4, -0.2) is 25.9 Å². The molecule has 0 spiro atoms. The normalized spacial score (nSPS) is 10.5. The number of amides is 1. The van der Waals surface area contributed by atoms with Crippen LogP contribution in [0.5, 0.6) is 11.5 Å². The summed E-state index contributed by atoms with van der Waals surface area (Å²) in [4.78, 5) is 23.3. The summed E-state index contributed by atoms with van der Waals surface area (Å²) in [6.07, 6.45) is 3.20. The highest BCUT2D eigenvalue weighted by molar-refractivity contribution is 6.08. The molecule has 2 aromatic rings. The second kappa shape index (κ2) is 7.97. The van der Waals surface area contributed by atoms with Crippen molar-refractivity contribution >= 4 is 23.5 Å². The summed E-state index contributed by atoms with van der Waals surface area (Å²) in [5.74, 6) is 0.798. The van der Waals surface area contributed by atoms with E-state index < -0.39 is 0 Å². The molecule has 0 fully saturated rings. The quantitative estimate of drug-likeness (QED) is 0.651. The van der Waals surface area contributed by atoms with Crippen LogP contribution in [0.25, 0.3) is 6.08 Å². The smallest absolute Gasteiger partial charge is 0.221 e. The highest BCUT2D eigenvalue weighted by Gasteiger charge is 2.10. The Balaban J connectivity index is 2.14. The molecule has 5 nitrogen and oxygen atoms in total. The molecular formula is C19H19NO4. The van der Waals surface area contributed by atoms with E-state index in [2.05, 4.69) is 5.32 Å². The van der Waals surface area contributed by atoms with Crippen molar-refractivity contribution in [1.29, 1.82) is 0 Å². The maximum atomic E-state index is 12.3. The number of anilines is 1. The topological polar surface area (TPSA) is 64.6 Å². The SMILES string of the molecule is COc1ccc(C(=O)/C=C/c2ccc(NC(C)=O)cc2)c(OC)c1. The van der Waals surface area contributed by atoms with Gasteiger partial charge in [0, 0.05) is 18.7 Å². The number of allylic oxidation sites excluding steroid dienone is 1. The van der Waals surface area contributed by atoms with E-state index in [1.807, 2.05) is 12.1 Å². The van der Waals surface area contributed by atoms with Gasteiger partial charge < -0.3 is 14.8 Å². The van der Waals surface area contributed by atoms with Crippen molar-refractivity contribution in [3.63, 3.8) is 0 Å². The summed E-state index contributed by atoms with van der Waals surface area (Å²) in [7, 11) is 3.07. The van der Waals surface area contributed by atoms with E-state index in [-0.39, 0.29) is 11.7 Å². The minimum Gasteiger partial charge on any atom is -0.497 e. The molecular weight excluding hydrogens is 306 g/mol. The number of hydrogen-bond acceptors (Lipinski definition) is 4. The molecule has 0 heterocycles. The molecule has 0 radical (unpaired) electrons. The highest BCUT2D eigenvalue weighted by atomic mass is 16.5. The van der Waals surface area contributed by atoms with E-state index in [1.54, 1.807) is 43.5 Å². The standard InChI is InChI=1S/C19H19NO4/c1-13(21)20-15-7-4-14(5-8-15)6-11-18(22)17-10-9-16(23-2)12-19(17)24-3/h4-12H,1-3H3,(H,20,21)/b11-6+. The molecule has 2 rings (SSSR count). The second-order valence-electron chi connectivity index (χ2n) is 5.07. The number of methoxy groups -OCH3 is 2. The van der Waals surface area contributed by atoms with Crippen molar-refractivity contribution in [3.05, 3.63) is 59.7 Å².